The van der Waals surface area contributed by atoms with E-state index in [1.165, 1.54) is 6.33 Å². The second kappa shape index (κ2) is 2.96. The van der Waals surface area contributed by atoms with Crippen LogP contribution >= 0.6 is 15.9 Å². The third-order valence-electron chi connectivity index (χ3n) is 1.14. The zero-order chi connectivity index (χ0) is 7.56. The Morgan fingerprint density at radius 3 is 2.60 bits per heavy atom. The molecular weight excluding hydrogens is 196 g/mol. The van der Waals surface area contributed by atoms with Gasteiger partial charge < -0.3 is 4.74 Å². The molecule has 0 bridgehead atoms. The van der Waals surface area contributed by atoms with Crippen LogP contribution in [0.15, 0.2) is 10.9 Å². The van der Waals surface area contributed by atoms with Crippen molar-refractivity contribution in [2.24, 2.45) is 0 Å². The van der Waals surface area contributed by atoms with E-state index >= 15 is 0 Å². The molecule has 0 aliphatic heterocycles. The van der Waals surface area contributed by atoms with E-state index in [1.807, 2.05) is 6.92 Å². The van der Waals surface area contributed by atoms with Crippen molar-refractivity contribution >= 4 is 15.9 Å². The van der Waals surface area contributed by atoms with Gasteiger partial charge in [0.05, 0.1) is 12.8 Å². The van der Waals surface area contributed by atoms with Gasteiger partial charge >= 0.3 is 0 Å². The van der Waals surface area contributed by atoms with Crippen molar-refractivity contribution in [1.82, 2.24) is 9.97 Å². The fraction of sp³-hybridized carbons (Fsp3) is 0.333. The smallest absolute Gasteiger partial charge is 0.172 e. The average Bonchev–Trinajstić information content (AvgIpc) is 1.88. The van der Waals surface area contributed by atoms with Gasteiger partial charge in [0.25, 0.3) is 0 Å². The van der Waals surface area contributed by atoms with Crippen LogP contribution in [0.3, 0.4) is 0 Å². The van der Waals surface area contributed by atoms with Crippen LogP contribution in [0.1, 0.15) is 5.69 Å². The summed E-state index contributed by atoms with van der Waals surface area (Å²) in [7, 11) is 1.59. The molecule has 0 aromatic carbocycles. The van der Waals surface area contributed by atoms with Gasteiger partial charge in [0.2, 0.25) is 0 Å². The zero-order valence-corrected chi connectivity index (χ0v) is 7.34. The summed E-state index contributed by atoms with van der Waals surface area (Å²) in [4.78, 5) is 7.84. The molecule has 0 amide bonds. The number of halogens is 1. The molecule has 0 fully saturated rings. The molecule has 0 radical (unpaired) electrons. The summed E-state index contributed by atoms with van der Waals surface area (Å²) in [5.41, 5.74) is 0.837. The molecule has 0 unspecified atom stereocenters. The van der Waals surface area contributed by atoms with E-state index in [0.29, 0.717) is 10.4 Å². The lowest BCUT2D eigenvalue weighted by molar-refractivity contribution is 0.403. The molecule has 0 aliphatic rings. The third kappa shape index (κ3) is 1.26. The number of hydrogen-bond donors (Lipinski definition) is 0. The van der Waals surface area contributed by atoms with E-state index in [2.05, 4.69) is 25.9 Å². The first-order valence-electron chi connectivity index (χ1n) is 2.76. The Morgan fingerprint density at radius 1 is 1.50 bits per heavy atom. The maximum atomic E-state index is 5.00. The highest BCUT2D eigenvalue weighted by molar-refractivity contribution is 9.10. The van der Waals surface area contributed by atoms with Crippen LogP contribution in [-0.4, -0.2) is 17.1 Å². The summed E-state index contributed by atoms with van der Waals surface area (Å²) < 4.78 is 5.70. The molecule has 10 heavy (non-hydrogen) atoms. The Kier molecular flexibility index (Phi) is 2.21. The Hall–Kier alpha value is -0.640. The fourth-order valence-electron chi connectivity index (χ4n) is 0.665. The Morgan fingerprint density at radius 2 is 2.20 bits per heavy atom. The maximum absolute atomic E-state index is 5.00. The van der Waals surface area contributed by atoms with Gasteiger partial charge in [0, 0.05) is 0 Å². The molecule has 1 aromatic heterocycles. The lowest BCUT2D eigenvalue weighted by atomic mass is 10.4. The first-order valence-corrected chi connectivity index (χ1v) is 3.56. The molecular formula is C6H7BrN2O. The predicted molar refractivity (Wildman–Crippen MR) is 41.0 cm³/mol. The van der Waals surface area contributed by atoms with Crippen molar-refractivity contribution in [3.8, 4) is 5.75 Å². The molecule has 54 valence electrons. The summed E-state index contributed by atoms with van der Waals surface area (Å²) in [6, 6.07) is 0. The lowest BCUT2D eigenvalue weighted by Gasteiger charge is -2.02. The van der Waals surface area contributed by atoms with Gasteiger partial charge in [0.15, 0.2) is 10.4 Å². The highest BCUT2D eigenvalue weighted by atomic mass is 79.9. The number of aromatic nitrogens is 2. The molecule has 4 heteroatoms. The quantitative estimate of drug-likeness (QED) is 0.649. The summed E-state index contributed by atoms with van der Waals surface area (Å²) in [6.07, 6.45) is 1.49. The Labute approximate surface area is 67.6 Å². The summed E-state index contributed by atoms with van der Waals surface area (Å²) in [6.45, 7) is 1.87. The number of nitrogens with zero attached hydrogens (tertiary/aromatic N) is 2. The van der Waals surface area contributed by atoms with Crippen LogP contribution in [0.4, 0.5) is 0 Å². The summed E-state index contributed by atoms with van der Waals surface area (Å²) >= 11 is 3.23. The normalized spacial score (nSPS) is 9.50. The molecule has 0 aliphatic carbocycles. The zero-order valence-electron chi connectivity index (χ0n) is 5.76. The Bertz CT molecular complexity index is 219. The molecule has 1 rings (SSSR count). The fourth-order valence-corrected chi connectivity index (χ4v) is 1.20. The lowest BCUT2D eigenvalue weighted by Crippen LogP contribution is -1.92. The van der Waals surface area contributed by atoms with E-state index in [-0.39, 0.29) is 0 Å². The minimum Gasteiger partial charge on any atom is -0.492 e. The second-order valence-electron chi connectivity index (χ2n) is 1.78. The van der Waals surface area contributed by atoms with Crippen molar-refractivity contribution in [1.29, 1.82) is 0 Å². The van der Waals surface area contributed by atoms with Gasteiger partial charge in [-0.1, -0.05) is 0 Å². The van der Waals surface area contributed by atoms with Crippen LogP contribution in [0.5, 0.6) is 5.75 Å². The minimum atomic E-state index is 0.697. The first-order chi connectivity index (χ1) is 4.75. The molecule has 1 heterocycles. The predicted octanol–water partition coefficient (Wildman–Crippen LogP) is 1.56. The first kappa shape index (κ1) is 7.47. The number of methoxy groups -OCH3 is 1. The van der Waals surface area contributed by atoms with Crippen molar-refractivity contribution in [3.63, 3.8) is 0 Å². The van der Waals surface area contributed by atoms with Gasteiger partial charge in [-0.25, -0.2) is 9.97 Å². The van der Waals surface area contributed by atoms with Crippen LogP contribution in [0.2, 0.25) is 0 Å². The number of rotatable bonds is 1. The highest BCUT2D eigenvalue weighted by Gasteiger charge is 2.03. The van der Waals surface area contributed by atoms with Gasteiger partial charge in [-0.05, 0) is 22.9 Å². The van der Waals surface area contributed by atoms with Crippen LogP contribution < -0.4 is 4.74 Å². The van der Waals surface area contributed by atoms with Gasteiger partial charge in [-0.2, -0.15) is 0 Å². The van der Waals surface area contributed by atoms with Crippen molar-refractivity contribution in [2.45, 2.75) is 6.92 Å². The topological polar surface area (TPSA) is 35.0 Å². The van der Waals surface area contributed by atoms with Gasteiger partial charge in [-0.3, -0.25) is 0 Å². The SMILES string of the molecule is COc1c(C)ncnc1Br. The standard InChI is InChI=1S/C6H7BrN2O/c1-4-5(10-2)6(7)9-3-8-4/h3H,1-2H3. The van der Waals surface area contributed by atoms with E-state index in [4.69, 9.17) is 4.74 Å². The molecule has 0 spiro atoms. The van der Waals surface area contributed by atoms with Crippen LogP contribution in [0.25, 0.3) is 0 Å². The third-order valence-corrected chi connectivity index (χ3v) is 1.71. The van der Waals surface area contributed by atoms with Crippen LogP contribution in [0, 0.1) is 6.92 Å². The molecule has 0 N–H and O–H groups in total. The van der Waals surface area contributed by atoms with Crippen LogP contribution in [-0.2, 0) is 0 Å². The molecule has 1 aromatic rings. The monoisotopic (exact) mass is 202 g/mol. The summed E-state index contributed by atoms with van der Waals surface area (Å²) in [5, 5.41) is 0. The number of hydrogen-bond acceptors (Lipinski definition) is 3. The average molecular weight is 203 g/mol. The largest absolute Gasteiger partial charge is 0.492 e. The van der Waals surface area contributed by atoms with E-state index in [9.17, 15) is 0 Å². The van der Waals surface area contributed by atoms with E-state index in [1.54, 1.807) is 7.11 Å². The molecule has 0 saturated heterocycles. The number of aryl methyl sites for hydroxylation is 1. The Balaban J connectivity index is 3.17. The second-order valence-corrected chi connectivity index (χ2v) is 2.53. The number of ether oxygens (including phenoxy) is 1. The van der Waals surface area contributed by atoms with Gasteiger partial charge in [-0.15, -0.1) is 0 Å². The van der Waals surface area contributed by atoms with Crippen molar-refractivity contribution < 1.29 is 4.74 Å². The minimum absolute atomic E-state index is 0.697. The van der Waals surface area contributed by atoms with E-state index < -0.39 is 0 Å². The summed E-state index contributed by atoms with van der Waals surface area (Å²) in [5.74, 6) is 0.697. The molecule has 0 saturated carbocycles. The highest BCUT2D eigenvalue weighted by Crippen LogP contribution is 2.23. The van der Waals surface area contributed by atoms with Gasteiger partial charge in [0.1, 0.15) is 6.33 Å². The molecule has 0 atom stereocenters. The van der Waals surface area contributed by atoms with Crippen molar-refractivity contribution in [2.75, 3.05) is 7.11 Å². The van der Waals surface area contributed by atoms with Crippen molar-refractivity contribution in [3.05, 3.63) is 16.6 Å². The van der Waals surface area contributed by atoms with E-state index in [0.717, 1.165) is 5.69 Å². The molecule has 3 nitrogen and oxygen atoms in total. The maximum Gasteiger partial charge on any atom is 0.172 e.